The number of anilines is 2. The average molecular weight is 469 g/mol. The summed E-state index contributed by atoms with van der Waals surface area (Å²) in [7, 11) is -3.88. The Morgan fingerprint density at radius 3 is 2.63 bits per heavy atom. The van der Waals surface area contributed by atoms with Gasteiger partial charge < -0.3 is 15.4 Å². The van der Waals surface area contributed by atoms with Crippen LogP contribution in [-0.2, 0) is 14.8 Å². The van der Waals surface area contributed by atoms with Crippen molar-refractivity contribution in [2.24, 2.45) is 0 Å². The zero-order chi connectivity index (χ0) is 21.6. The van der Waals surface area contributed by atoms with Crippen molar-refractivity contribution in [1.29, 1.82) is 0 Å². The Hall–Kier alpha value is -1.91. The Bertz CT molecular complexity index is 995. The van der Waals surface area contributed by atoms with E-state index in [9.17, 15) is 8.42 Å². The van der Waals surface area contributed by atoms with E-state index in [0.717, 1.165) is 38.4 Å². The van der Waals surface area contributed by atoms with E-state index < -0.39 is 10.0 Å². The SMILES string of the molecule is Cc1ccc(NC(=S)NCCN2CCOCC2)c(S(=O)(=O)Nc2ccccc2Cl)c1. The van der Waals surface area contributed by atoms with Crippen molar-refractivity contribution in [1.82, 2.24) is 10.2 Å². The molecule has 1 fully saturated rings. The second kappa shape index (κ2) is 10.4. The highest BCUT2D eigenvalue weighted by Crippen LogP contribution is 2.28. The van der Waals surface area contributed by atoms with Crippen LogP contribution in [0.5, 0.6) is 0 Å². The van der Waals surface area contributed by atoms with Crippen molar-refractivity contribution < 1.29 is 13.2 Å². The van der Waals surface area contributed by atoms with Crippen LogP contribution in [0.1, 0.15) is 5.56 Å². The third kappa shape index (κ3) is 6.29. The number of rotatable bonds is 7. The predicted molar refractivity (Wildman–Crippen MR) is 125 cm³/mol. The first-order valence-electron chi connectivity index (χ1n) is 9.58. The first kappa shape index (κ1) is 22.8. The fraction of sp³-hybridized carbons (Fsp3) is 0.350. The van der Waals surface area contributed by atoms with Gasteiger partial charge in [-0.15, -0.1) is 0 Å². The second-order valence-electron chi connectivity index (χ2n) is 6.92. The second-order valence-corrected chi connectivity index (χ2v) is 9.39. The van der Waals surface area contributed by atoms with E-state index >= 15 is 0 Å². The van der Waals surface area contributed by atoms with Crippen LogP contribution in [0.4, 0.5) is 11.4 Å². The average Bonchev–Trinajstić information content (AvgIpc) is 2.72. The van der Waals surface area contributed by atoms with E-state index in [4.69, 9.17) is 28.6 Å². The molecule has 2 aromatic rings. The summed E-state index contributed by atoms with van der Waals surface area (Å²) < 4.78 is 34.0. The molecule has 3 N–H and O–H groups in total. The molecule has 0 radical (unpaired) electrons. The maximum atomic E-state index is 13.0. The number of sulfonamides is 1. The molecule has 1 aliphatic rings. The molecule has 7 nitrogen and oxygen atoms in total. The lowest BCUT2D eigenvalue weighted by Gasteiger charge is -2.26. The minimum Gasteiger partial charge on any atom is -0.379 e. The number of thiocarbonyl (C=S) groups is 1. The van der Waals surface area contributed by atoms with Crippen molar-refractivity contribution in [3.63, 3.8) is 0 Å². The van der Waals surface area contributed by atoms with Crippen LogP contribution >= 0.6 is 23.8 Å². The summed E-state index contributed by atoms with van der Waals surface area (Å²) in [6.07, 6.45) is 0. The number of hydrogen-bond acceptors (Lipinski definition) is 5. The van der Waals surface area contributed by atoms with E-state index in [0.29, 0.717) is 28.1 Å². The van der Waals surface area contributed by atoms with E-state index in [-0.39, 0.29) is 4.90 Å². The van der Waals surface area contributed by atoms with Crippen LogP contribution in [0, 0.1) is 6.92 Å². The fourth-order valence-electron chi connectivity index (χ4n) is 3.02. The number of halogens is 1. The third-order valence-electron chi connectivity index (χ3n) is 4.61. The van der Waals surface area contributed by atoms with Crippen molar-refractivity contribution in [3.8, 4) is 0 Å². The molecule has 1 aliphatic heterocycles. The number of benzene rings is 2. The number of ether oxygens (including phenoxy) is 1. The van der Waals surface area contributed by atoms with Crippen molar-refractivity contribution in [2.75, 3.05) is 49.4 Å². The minimum absolute atomic E-state index is 0.0970. The highest BCUT2D eigenvalue weighted by atomic mass is 35.5. The van der Waals surface area contributed by atoms with Crippen LogP contribution < -0.4 is 15.4 Å². The van der Waals surface area contributed by atoms with Crippen molar-refractivity contribution in [3.05, 3.63) is 53.1 Å². The summed E-state index contributed by atoms with van der Waals surface area (Å²) in [5.74, 6) is 0. The summed E-state index contributed by atoms with van der Waals surface area (Å²) in [5.41, 5.74) is 1.52. The van der Waals surface area contributed by atoms with Crippen LogP contribution in [0.2, 0.25) is 5.02 Å². The van der Waals surface area contributed by atoms with Gasteiger partial charge in [0.05, 0.1) is 29.6 Å². The van der Waals surface area contributed by atoms with Gasteiger partial charge >= 0.3 is 0 Å². The lowest BCUT2D eigenvalue weighted by atomic mass is 10.2. The normalized spacial score (nSPS) is 14.9. The highest BCUT2D eigenvalue weighted by Gasteiger charge is 2.21. The molecule has 0 aromatic heterocycles. The lowest BCUT2D eigenvalue weighted by molar-refractivity contribution is 0.0389. The zero-order valence-electron chi connectivity index (χ0n) is 16.7. The molecule has 30 heavy (non-hydrogen) atoms. The molecular weight excluding hydrogens is 444 g/mol. The standard InChI is InChI=1S/C20H25ClN4O3S2/c1-15-6-7-18(23-20(29)22-8-9-25-10-12-28-13-11-25)19(14-15)30(26,27)24-17-5-3-2-4-16(17)21/h2-7,14,24H,8-13H2,1H3,(H2,22,23,29). The van der Waals surface area contributed by atoms with Gasteiger partial charge in [-0.05, 0) is 49.0 Å². The predicted octanol–water partition coefficient (Wildman–Crippen LogP) is 3.07. The molecule has 0 unspecified atom stereocenters. The molecule has 3 rings (SSSR count). The molecule has 1 saturated heterocycles. The van der Waals surface area contributed by atoms with Gasteiger partial charge in [-0.3, -0.25) is 9.62 Å². The van der Waals surface area contributed by atoms with E-state index in [1.165, 1.54) is 0 Å². The van der Waals surface area contributed by atoms with Gasteiger partial charge in [-0.25, -0.2) is 8.42 Å². The van der Waals surface area contributed by atoms with Crippen LogP contribution in [0.25, 0.3) is 0 Å². The maximum Gasteiger partial charge on any atom is 0.264 e. The summed E-state index contributed by atoms with van der Waals surface area (Å²) in [5, 5.41) is 6.82. The molecule has 0 bridgehead atoms. The summed E-state index contributed by atoms with van der Waals surface area (Å²) in [4.78, 5) is 2.38. The molecular formula is C20H25ClN4O3S2. The molecule has 162 valence electrons. The molecule has 10 heteroatoms. The zero-order valence-corrected chi connectivity index (χ0v) is 19.0. The number of nitrogens with zero attached hydrogens (tertiary/aromatic N) is 1. The van der Waals surface area contributed by atoms with Gasteiger partial charge in [0.2, 0.25) is 0 Å². The van der Waals surface area contributed by atoms with Crippen molar-refractivity contribution in [2.45, 2.75) is 11.8 Å². The van der Waals surface area contributed by atoms with Crippen LogP contribution in [0.3, 0.4) is 0 Å². The summed E-state index contributed by atoms with van der Waals surface area (Å²) in [6.45, 7) is 6.59. The Morgan fingerprint density at radius 2 is 1.90 bits per heavy atom. The quantitative estimate of drug-likeness (QED) is 0.538. The first-order valence-corrected chi connectivity index (χ1v) is 11.8. The Balaban J connectivity index is 1.68. The highest BCUT2D eigenvalue weighted by molar-refractivity contribution is 7.93. The molecule has 1 heterocycles. The van der Waals surface area contributed by atoms with Crippen LogP contribution in [0.15, 0.2) is 47.4 Å². The number of nitrogens with one attached hydrogen (secondary N) is 3. The van der Waals surface area contributed by atoms with E-state index in [1.807, 2.05) is 13.0 Å². The molecule has 0 aliphatic carbocycles. The number of para-hydroxylation sites is 1. The van der Waals surface area contributed by atoms with Gasteiger partial charge in [0.1, 0.15) is 4.90 Å². The molecule has 0 atom stereocenters. The van der Waals surface area contributed by atoms with E-state index in [2.05, 4.69) is 20.3 Å². The number of morpholine rings is 1. The van der Waals surface area contributed by atoms with Gasteiger partial charge in [0, 0.05) is 26.2 Å². The Morgan fingerprint density at radius 1 is 1.17 bits per heavy atom. The molecule has 2 aromatic carbocycles. The largest absolute Gasteiger partial charge is 0.379 e. The smallest absolute Gasteiger partial charge is 0.264 e. The topological polar surface area (TPSA) is 82.7 Å². The summed E-state index contributed by atoms with van der Waals surface area (Å²) in [6, 6.07) is 11.8. The third-order valence-corrected chi connectivity index (χ3v) is 6.59. The number of hydrogen-bond donors (Lipinski definition) is 3. The first-order chi connectivity index (χ1) is 14.3. The summed E-state index contributed by atoms with van der Waals surface area (Å²) >= 11 is 11.5. The van der Waals surface area contributed by atoms with E-state index in [1.54, 1.807) is 36.4 Å². The Kier molecular flexibility index (Phi) is 7.90. The molecule has 0 saturated carbocycles. The van der Waals surface area contributed by atoms with Gasteiger partial charge in [0.25, 0.3) is 10.0 Å². The van der Waals surface area contributed by atoms with Gasteiger partial charge in [0.15, 0.2) is 5.11 Å². The fourth-order valence-corrected chi connectivity index (χ4v) is 4.80. The number of aryl methyl sites for hydroxylation is 1. The maximum absolute atomic E-state index is 13.0. The van der Waals surface area contributed by atoms with Crippen molar-refractivity contribution >= 4 is 50.3 Å². The minimum atomic E-state index is -3.88. The van der Waals surface area contributed by atoms with Crippen LogP contribution in [-0.4, -0.2) is 57.8 Å². The molecule has 0 spiro atoms. The lowest BCUT2D eigenvalue weighted by Crippen LogP contribution is -2.42. The monoisotopic (exact) mass is 468 g/mol. The Labute approximate surface area is 187 Å². The van der Waals surface area contributed by atoms with Gasteiger partial charge in [-0.2, -0.15) is 0 Å². The van der Waals surface area contributed by atoms with Gasteiger partial charge in [-0.1, -0.05) is 29.8 Å². The molecule has 0 amide bonds.